The van der Waals surface area contributed by atoms with E-state index in [1.54, 1.807) is 10.9 Å². The molecule has 5 heteroatoms. The van der Waals surface area contributed by atoms with Crippen molar-refractivity contribution in [1.29, 1.82) is 0 Å². The van der Waals surface area contributed by atoms with Gasteiger partial charge in [-0.2, -0.15) is 5.10 Å². The Morgan fingerprint density at radius 3 is 2.57 bits per heavy atom. The Labute approximate surface area is 124 Å². The lowest BCUT2D eigenvalue weighted by Crippen LogP contribution is -2.55. The van der Waals surface area contributed by atoms with Crippen molar-refractivity contribution in [3.05, 3.63) is 54.4 Å². The second-order valence-corrected chi connectivity index (χ2v) is 5.27. The number of nitrogens with one attached hydrogen (secondary N) is 1. The topological polar surface area (TPSA) is 56.2 Å². The molecule has 0 radical (unpaired) electrons. The fourth-order valence-corrected chi connectivity index (χ4v) is 2.49. The van der Waals surface area contributed by atoms with E-state index < -0.39 is 5.54 Å². The standard InChI is InChI=1S/C16H21N3O2/c1-13(2)18-16(15(20)21-3,12-19-11-7-10-17-19)14-8-5-4-6-9-14/h4-11,13,18H,12H2,1-3H3. The normalized spacial score (nSPS) is 13.9. The number of hydrogen-bond acceptors (Lipinski definition) is 4. The number of esters is 1. The molecular formula is C16H21N3O2. The monoisotopic (exact) mass is 287 g/mol. The van der Waals surface area contributed by atoms with Crippen molar-refractivity contribution >= 4 is 5.97 Å². The Balaban J connectivity index is 2.50. The van der Waals surface area contributed by atoms with E-state index in [0.29, 0.717) is 6.54 Å². The molecule has 1 aromatic heterocycles. The minimum atomic E-state index is -0.962. The molecule has 21 heavy (non-hydrogen) atoms. The van der Waals surface area contributed by atoms with Crippen LogP contribution in [0.2, 0.25) is 0 Å². The van der Waals surface area contributed by atoms with Crippen molar-refractivity contribution in [2.45, 2.75) is 32.0 Å². The quantitative estimate of drug-likeness (QED) is 0.825. The highest BCUT2D eigenvalue weighted by molar-refractivity contribution is 5.82. The molecule has 2 rings (SSSR count). The highest BCUT2D eigenvalue weighted by atomic mass is 16.5. The third kappa shape index (κ3) is 3.31. The fourth-order valence-electron chi connectivity index (χ4n) is 2.49. The zero-order valence-corrected chi connectivity index (χ0v) is 12.6. The second-order valence-electron chi connectivity index (χ2n) is 5.27. The summed E-state index contributed by atoms with van der Waals surface area (Å²) < 4.78 is 6.81. The summed E-state index contributed by atoms with van der Waals surface area (Å²) in [6, 6.07) is 11.6. The molecule has 1 aromatic carbocycles. The summed E-state index contributed by atoms with van der Waals surface area (Å²) in [5, 5.41) is 7.58. The third-order valence-corrected chi connectivity index (χ3v) is 3.29. The van der Waals surface area contributed by atoms with Gasteiger partial charge >= 0.3 is 5.97 Å². The van der Waals surface area contributed by atoms with E-state index in [0.717, 1.165) is 5.56 Å². The first kappa shape index (κ1) is 15.3. The van der Waals surface area contributed by atoms with Crippen LogP contribution in [0.3, 0.4) is 0 Å². The molecular weight excluding hydrogens is 266 g/mol. The Morgan fingerprint density at radius 2 is 2.05 bits per heavy atom. The molecule has 1 atom stereocenters. The SMILES string of the molecule is COC(=O)C(Cn1cccn1)(NC(C)C)c1ccccc1. The number of aromatic nitrogens is 2. The Hall–Kier alpha value is -2.14. The molecule has 5 nitrogen and oxygen atoms in total. The molecule has 1 heterocycles. The smallest absolute Gasteiger partial charge is 0.332 e. The predicted octanol–water partition coefficient (Wildman–Crippen LogP) is 1.95. The van der Waals surface area contributed by atoms with Gasteiger partial charge in [-0.05, 0) is 25.5 Å². The van der Waals surface area contributed by atoms with Gasteiger partial charge in [-0.1, -0.05) is 30.3 Å². The largest absolute Gasteiger partial charge is 0.467 e. The van der Waals surface area contributed by atoms with Crippen molar-refractivity contribution in [3.8, 4) is 0 Å². The summed E-state index contributed by atoms with van der Waals surface area (Å²) in [6.07, 6.45) is 3.53. The van der Waals surface area contributed by atoms with Gasteiger partial charge in [-0.3, -0.25) is 10.00 Å². The zero-order chi connectivity index (χ0) is 15.3. The summed E-state index contributed by atoms with van der Waals surface area (Å²) in [6.45, 7) is 4.38. The van der Waals surface area contributed by atoms with Crippen molar-refractivity contribution < 1.29 is 9.53 Å². The number of rotatable bonds is 6. The fraction of sp³-hybridized carbons (Fsp3) is 0.375. The Bertz CT molecular complexity index is 566. The van der Waals surface area contributed by atoms with Gasteiger partial charge in [0.25, 0.3) is 0 Å². The number of methoxy groups -OCH3 is 1. The average molecular weight is 287 g/mol. The summed E-state index contributed by atoms with van der Waals surface area (Å²) in [4.78, 5) is 12.6. The summed E-state index contributed by atoms with van der Waals surface area (Å²) in [5.41, 5.74) is -0.100. The van der Waals surface area contributed by atoms with E-state index in [1.165, 1.54) is 7.11 Å². The number of benzene rings is 1. The van der Waals surface area contributed by atoms with Crippen LogP contribution in [0.15, 0.2) is 48.8 Å². The first-order chi connectivity index (χ1) is 10.1. The molecule has 0 saturated carbocycles. The third-order valence-electron chi connectivity index (χ3n) is 3.29. The molecule has 0 amide bonds. The van der Waals surface area contributed by atoms with Crippen molar-refractivity contribution in [1.82, 2.24) is 15.1 Å². The second kappa shape index (κ2) is 6.54. The predicted molar refractivity (Wildman–Crippen MR) is 80.6 cm³/mol. The molecule has 0 aliphatic rings. The van der Waals surface area contributed by atoms with E-state index in [-0.39, 0.29) is 12.0 Å². The molecule has 1 unspecified atom stereocenters. The van der Waals surface area contributed by atoms with Gasteiger partial charge in [0.1, 0.15) is 0 Å². The van der Waals surface area contributed by atoms with E-state index in [4.69, 9.17) is 4.74 Å². The van der Waals surface area contributed by atoms with Crippen LogP contribution in [-0.2, 0) is 21.6 Å². The van der Waals surface area contributed by atoms with Gasteiger partial charge in [0, 0.05) is 18.4 Å². The van der Waals surface area contributed by atoms with E-state index in [9.17, 15) is 4.79 Å². The summed E-state index contributed by atoms with van der Waals surface area (Å²) in [7, 11) is 1.41. The maximum Gasteiger partial charge on any atom is 0.332 e. The van der Waals surface area contributed by atoms with Gasteiger partial charge < -0.3 is 4.74 Å². The van der Waals surface area contributed by atoms with Crippen molar-refractivity contribution in [3.63, 3.8) is 0 Å². The van der Waals surface area contributed by atoms with Gasteiger partial charge in [-0.25, -0.2) is 4.79 Å². The van der Waals surface area contributed by atoms with Crippen LogP contribution < -0.4 is 5.32 Å². The van der Waals surface area contributed by atoms with Crippen LogP contribution in [0.5, 0.6) is 0 Å². The number of ether oxygens (including phenoxy) is 1. The van der Waals surface area contributed by atoms with Gasteiger partial charge in [0.05, 0.1) is 13.7 Å². The molecule has 112 valence electrons. The number of carbonyl (C=O) groups is 1. The molecule has 2 aromatic rings. The van der Waals surface area contributed by atoms with Crippen LogP contribution in [-0.4, -0.2) is 28.9 Å². The van der Waals surface area contributed by atoms with Gasteiger partial charge in [0.15, 0.2) is 5.54 Å². The maximum atomic E-state index is 12.6. The molecule has 0 bridgehead atoms. The molecule has 1 N–H and O–H groups in total. The Kier molecular flexibility index (Phi) is 4.75. The van der Waals surface area contributed by atoms with E-state index in [2.05, 4.69) is 10.4 Å². The average Bonchev–Trinajstić information content (AvgIpc) is 2.99. The van der Waals surface area contributed by atoms with Crippen LogP contribution in [0.4, 0.5) is 0 Å². The minimum Gasteiger partial charge on any atom is -0.467 e. The molecule has 0 spiro atoms. The maximum absolute atomic E-state index is 12.6. The van der Waals surface area contributed by atoms with Crippen LogP contribution in [0.25, 0.3) is 0 Å². The lowest BCUT2D eigenvalue weighted by molar-refractivity contribution is -0.150. The lowest BCUT2D eigenvalue weighted by Gasteiger charge is -2.34. The van der Waals surface area contributed by atoms with Crippen molar-refractivity contribution in [2.75, 3.05) is 7.11 Å². The van der Waals surface area contributed by atoms with Crippen LogP contribution in [0.1, 0.15) is 19.4 Å². The first-order valence-corrected chi connectivity index (χ1v) is 6.97. The molecule has 0 aliphatic heterocycles. The minimum absolute atomic E-state index is 0.111. The lowest BCUT2D eigenvalue weighted by atomic mass is 9.88. The van der Waals surface area contributed by atoms with Gasteiger partial charge in [0.2, 0.25) is 0 Å². The number of hydrogen-bond donors (Lipinski definition) is 1. The van der Waals surface area contributed by atoms with E-state index in [1.807, 2.05) is 56.4 Å². The van der Waals surface area contributed by atoms with Crippen molar-refractivity contribution in [2.24, 2.45) is 0 Å². The first-order valence-electron chi connectivity index (χ1n) is 6.97. The highest BCUT2D eigenvalue weighted by Crippen LogP contribution is 2.26. The van der Waals surface area contributed by atoms with Crippen LogP contribution in [0, 0.1) is 0 Å². The van der Waals surface area contributed by atoms with Crippen LogP contribution >= 0.6 is 0 Å². The summed E-state index contributed by atoms with van der Waals surface area (Å²) in [5.74, 6) is -0.321. The molecule has 0 fully saturated rings. The Morgan fingerprint density at radius 1 is 1.33 bits per heavy atom. The molecule has 0 aliphatic carbocycles. The highest BCUT2D eigenvalue weighted by Gasteiger charge is 2.42. The van der Waals surface area contributed by atoms with E-state index >= 15 is 0 Å². The number of nitrogens with zero attached hydrogens (tertiary/aromatic N) is 2. The molecule has 0 saturated heterocycles. The number of carbonyl (C=O) groups excluding carboxylic acids is 1. The zero-order valence-electron chi connectivity index (χ0n) is 12.6. The summed E-state index contributed by atoms with van der Waals surface area (Å²) >= 11 is 0. The van der Waals surface area contributed by atoms with Gasteiger partial charge in [-0.15, -0.1) is 0 Å².